The number of nitrogens with zero attached hydrogens (tertiary/aromatic N) is 2. The van der Waals surface area contributed by atoms with Gasteiger partial charge in [-0.1, -0.05) is 48.0 Å². The van der Waals surface area contributed by atoms with Gasteiger partial charge in [0.15, 0.2) is 0 Å². The average molecular weight is 359 g/mol. The molecule has 1 aliphatic heterocycles. The molecule has 1 fully saturated rings. The van der Waals surface area contributed by atoms with Gasteiger partial charge in [-0.05, 0) is 23.3 Å². The van der Waals surface area contributed by atoms with Crippen LogP contribution in [-0.2, 0) is 4.79 Å². The van der Waals surface area contributed by atoms with Crippen LogP contribution < -0.4 is 4.74 Å². The zero-order valence-corrected chi connectivity index (χ0v) is 14.9. The van der Waals surface area contributed by atoms with Gasteiger partial charge in [-0.2, -0.15) is 0 Å². The maximum atomic E-state index is 12.0. The van der Waals surface area contributed by atoms with E-state index in [0.717, 1.165) is 16.0 Å². The molecule has 3 rings (SSSR count). The van der Waals surface area contributed by atoms with Crippen LogP contribution in [0.5, 0.6) is 5.75 Å². The summed E-state index contributed by atoms with van der Waals surface area (Å²) in [6.45, 7) is 0.215. The lowest BCUT2D eigenvalue weighted by Crippen LogP contribution is -2.55. The van der Waals surface area contributed by atoms with Gasteiger partial charge in [0.1, 0.15) is 12.4 Å². The largest absolute Gasteiger partial charge is 0.490 e. The van der Waals surface area contributed by atoms with Gasteiger partial charge < -0.3 is 9.64 Å². The summed E-state index contributed by atoms with van der Waals surface area (Å²) < 4.78 is 5.77. The van der Waals surface area contributed by atoms with Crippen molar-refractivity contribution in [2.24, 2.45) is 0 Å². The number of rotatable bonds is 4. The van der Waals surface area contributed by atoms with E-state index < -0.39 is 0 Å². The molecule has 130 valence electrons. The Labute approximate surface area is 151 Å². The number of ether oxygens (including phenoxy) is 1. The highest BCUT2D eigenvalue weighted by atomic mass is 35.5. The first-order valence-electron chi connectivity index (χ1n) is 7.98. The second-order valence-corrected chi connectivity index (χ2v) is 6.43. The predicted molar refractivity (Wildman–Crippen MR) is 96.7 cm³/mol. The van der Waals surface area contributed by atoms with Crippen molar-refractivity contribution in [3.8, 4) is 16.9 Å². The smallest absolute Gasteiger partial charge is 0.326 e. The van der Waals surface area contributed by atoms with Crippen LogP contribution in [0.2, 0.25) is 5.02 Å². The minimum absolute atomic E-state index is 0.206. The van der Waals surface area contributed by atoms with Gasteiger partial charge in [-0.3, -0.25) is 9.69 Å². The number of halogens is 1. The number of amides is 3. The minimum Gasteiger partial charge on any atom is -0.490 e. The number of urea groups is 1. The van der Waals surface area contributed by atoms with Crippen molar-refractivity contribution in [1.82, 2.24) is 9.80 Å². The number of carbonyl (C=O) groups is 2. The monoisotopic (exact) mass is 358 g/mol. The maximum Gasteiger partial charge on any atom is 0.326 e. The Morgan fingerprint density at radius 1 is 1.08 bits per heavy atom. The minimum atomic E-state index is -0.324. The summed E-state index contributed by atoms with van der Waals surface area (Å²) in [6, 6.07) is 14.9. The van der Waals surface area contributed by atoms with Crippen LogP contribution in [-0.4, -0.2) is 48.5 Å². The number of benzene rings is 2. The zero-order chi connectivity index (χ0) is 18.0. The van der Waals surface area contributed by atoms with Gasteiger partial charge >= 0.3 is 6.03 Å². The van der Waals surface area contributed by atoms with Crippen molar-refractivity contribution in [3.05, 3.63) is 53.6 Å². The molecule has 0 N–H and O–H groups in total. The van der Waals surface area contributed by atoms with Gasteiger partial charge in [0.05, 0.1) is 17.5 Å². The van der Waals surface area contributed by atoms with Gasteiger partial charge in [0.25, 0.3) is 0 Å². The van der Waals surface area contributed by atoms with Gasteiger partial charge in [0.2, 0.25) is 5.91 Å². The number of hydrogen-bond acceptors (Lipinski definition) is 3. The third kappa shape index (κ3) is 3.61. The highest BCUT2D eigenvalue weighted by Crippen LogP contribution is 2.30. The van der Waals surface area contributed by atoms with E-state index in [9.17, 15) is 9.59 Å². The quantitative estimate of drug-likeness (QED) is 0.837. The molecule has 1 unspecified atom stereocenters. The summed E-state index contributed by atoms with van der Waals surface area (Å²) in [5.74, 6) is 0.329. The van der Waals surface area contributed by atoms with Crippen LogP contribution in [0.1, 0.15) is 6.42 Å². The summed E-state index contributed by atoms with van der Waals surface area (Å²) in [5, 5.41) is 0.495. The van der Waals surface area contributed by atoms with Crippen molar-refractivity contribution in [3.63, 3.8) is 0 Å². The SMILES string of the molecule is CN1C(=O)CC(COc2ccc(-c3ccccc3)cc2Cl)N(C)C1=O. The molecular formula is C19H19ClN2O3. The predicted octanol–water partition coefficient (Wildman–Crippen LogP) is 3.67. The highest BCUT2D eigenvalue weighted by molar-refractivity contribution is 6.32. The fourth-order valence-electron chi connectivity index (χ4n) is 2.76. The fourth-order valence-corrected chi connectivity index (χ4v) is 2.99. The van der Waals surface area contributed by atoms with Crippen molar-refractivity contribution in [1.29, 1.82) is 0 Å². The molecule has 1 saturated heterocycles. The highest BCUT2D eigenvalue weighted by Gasteiger charge is 2.34. The van der Waals surface area contributed by atoms with Crippen LogP contribution >= 0.6 is 11.6 Å². The maximum absolute atomic E-state index is 12.0. The molecule has 1 heterocycles. The Bertz CT molecular complexity index is 795. The Morgan fingerprint density at radius 2 is 1.80 bits per heavy atom. The van der Waals surface area contributed by atoms with Crippen molar-refractivity contribution >= 4 is 23.5 Å². The first-order chi connectivity index (χ1) is 12.0. The molecule has 2 aromatic carbocycles. The number of imide groups is 1. The standard InChI is InChI=1S/C19H19ClN2O3/c1-21-15(11-18(23)22(2)19(21)24)12-25-17-9-8-14(10-16(17)20)13-6-4-3-5-7-13/h3-10,15H,11-12H2,1-2H3. The molecule has 0 radical (unpaired) electrons. The summed E-state index contributed by atoms with van der Waals surface area (Å²) in [7, 11) is 3.15. The topological polar surface area (TPSA) is 49.9 Å². The first-order valence-corrected chi connectivity index (χ1v) is 8.36. The number of hydrogen-bond donors (Lipinski definition) is 0. The fraction of sp³-hybridized carbons (Fsp3) is 0.263. The normalized spacial score (nSPS) is 17.8. The van der Waals surface area contributed by atoms with Crippen molar-refractivity contribution in [2.75, 3.05) is 20.7 Å². The molecular weight excluding hydrogens is 340 g/mol. The summed E-state index contributed by atoms with van der Waals surface area (Å²) in [6.07, 6.45) is 0.235. The second kappa shape index (κ2) is 7.15. The summed E-state index contributed by atoms with van der Waals surface area (Å²) in [4.78, 5) is 26.5. The van der Waals surface area contributed by atoms with E-state index in [4.69, 9.17) is 16.3 Å². The van der Waals surface area contributed by atoms with Crippen molar-refractivity contribution < 1.29 is 14.3 Å². The van der Waals surface area contributed by atoms with Crippen LogP contribution in [0.15, 0.2) is 48.5 Å². The molecule has 6 heteroatoms. The second-order valence-electron chi connectivity index (χ2n) is 6.03. The van der Waals surface area contributed by atoms with Crippen LogP contribution in [0.25, 0.3) is 11.1 Å². The Morgan fingerprint density at radius 3 is 2.48 bits per heavy atom. The van der Waals surface area contributed by atoms with E-state index in [-0.39, 0.29) is 31.0 Å². The van der Waals surface area contributed by atoms with E-state index >= 15 is 0 Å². The molecule has 1 atom stereocenters. The molecule has 2 aromatic rings. The third-order valence-electron chi connectivity index (χ3n) is 4.39. The van der Waals surface area contributed by atoms with E-state index in [2.05, 4.69) is 0 Å². The Balaban J connectivity index is 1.70. The van der Waals surface area contributed by atoms with Gasteiger partial charge in [-0.25, -0.2) is 4.79 Å². The lowest BCUT2D eigenvalue weighted by Gasteiger charge is -2.36. The molecule has 0 bridgehead atoms. The Kier molecular flexibility index (Phi) is 4.95. The van der Waals surface area contributed by atoms with E-state index in [0.29, 0.717) is 10.8 Å². The lowest BCUT2D eigenvalue weighted by molar-refractivity contribution is -0.131. The number of likely N-dealkylation sites (N-methyl/N-ethyl adjacent to an activating group) is 1. The molecule has 1 aliphatic rings. The van der Waals surface area contributed by atoms with Crippen LogP contribution in [0, 0.1) is 0 Å². The molecule has 0 aromatic heterocycles. The van der Waals surface area contributed by atoms with E-state index in [1.807, 2.05) is 48.5 Å². The van der Waals surface area contributed by atoms with Gasteiger partial charge in [-0.15, -0.1) is 0 Å². The zero-order valence-electron chi connectivity index (χ0n) is 14.1. The molecule has 3 amide bonds. The van der Waals surface area contributed by atoms with Crippen molar-refractivity contribution in [2.45, 2.75) is 12.5 Å². The van der Waals surface area contributed by atoms with E-state index in [1.165, 1.54) is 11.9 Å². The lowest BCUT2D eigenvalue weighted by atomic mass is 10.1. The van der Waals surface area contributed by atoms with Crippen LogP contribution in [0.4, 0.5) is 4.79 Å². The summed E-state index contributed by atoms with van der Waals surface area (Å²) in [5.41, 5.74) is 2.07. The van der Waals surface area contributed by atoms with Crippen LogP contribution in [0.3, 0.4) is 0 Å². The Hall–Kier alpha value is -2.53. The third-order valence-corrected chi connectivity index (χ3v) is 4.69. The molecule has 0 spiro atoms. The molecule has 0 saturated carbocycles. The molecule has 0 aliphatic carbocycles. The summed E-state index contributed by atoms with van der Waals surface area (Å²) >= 11 is 6.33. The van der Waals surface area contributed by atoms with E-state index in [1.54, 1.807) is 7.05 Å². The van der Waals surface area contributed by atoms with Gasteiger partial charge in [0, 0.05) is 14.1 Å². The average Bonchev–Trinajstić information content (AvgIpc) is 2.63. The first kappa shape index (κ1) is 17.3. The number of carbonyl (C=O) groups excluding carboxylic acids is 2. The molecule has 25 heavy (non-hydrogen) atoms. The molecule has 5 nitrogen and oxygen atoms in total.